The lowest BCUT2D eigenvalue weighted by Crippen LogP contribution is -2.21. The van der Waals surface area contributed by atoms with E-state index in [2.05, 4.69) is 68.6 Å². The Labute approximate surface area is 115 Å². The van der Waals surface area contributed by atoms with Crippen molar-refractivity contribution < 1.29 is 0 Å². The van der Waals surface area contributed by atoms with Crippen LogP contribution in [0.3, 0.4) is 0 Å². The van der Waals surface area contributed by atoms with Crippen LogP contribution in [0.25, 0.3) is 0 Å². The van der Waals surface area contributed by atoms with Gasteiger partial charge < -0.3 is 11.1 Å². The fraction of sp³-hybridized carbons (Fsp3) is 0.294. The molecule has 2 heteroatoms. The summed E-state index contributed by atoms with van der Waals surface area (Å²) in [5, 5.41) is 3.52. The molecule has 0 radical (unpaired) electrons. The summed E-state index contributed by atoms with van der Waals surface area (Å²) < 4.78 is 0. The third-order valence-corrected chi connectivity index (χ3v) is 3.40. The van der Waals surface area contributed by atoms with Crippen LogP contribution in [0.2, 0.25) is 0 Å². The maximum atomic E-state index is 5.94. The summed E-state index contributed by atoms with van der Waals surface area (Å²) in [5.74, 6) is 0. The molecule has 0 aliphatic rings. The second kappa shape index (κ2) is 5.89. The minimum Gasteiger partial charge on any atom is -0.377 e. The Morgan fingerprint density at radius 3 is 2.37 bits per heavy atom. The Bertz CT molecular complexity index is 561. The van der Waals surface area contributed by atoms with E-state index in [-0.39, 0.29) is 6.04 Å². The van der Waals surface area contributed by atoms with Crippen LogP contribution in [-0.4, -0.2) is 6.54 Å². The summed E-state index contributed by atoms with van der Waals surface area (Å²) in [6.45, 7) is 6.93. The summed E-state index contributed by atoms with van der Waals surface area (Å²) in [7, 11) is 0. The SMILES string of the molecule is Cc1cccc(NC(CN)c2ccc(C)cc2C)c1. The summed E-state index contributed by atoms with van der Waals surface area (Å²) in [5.41, 5.74) is 12.2. The normalized spacial score (nSPS) is 12.2. The lowest BCUT2D eigenvalue weighted by molar-refractivity contribution is 0.783. The molecule has 100 valence electrons. The van der Waals surface area contributed by atoms with E-state index in [0.717, 1.165) is 5.69 Å². The van der Waals surface area contributed by atoms with Crippen molar-refractivity contribution in [2.24, 2.45) is 5.73 Å². The zero-order chi connectivity index (χ0) is 13.8. The van der Waals surface area contributed by atoms with Gasteiger partial charge in [0.25, 0.3) is 0 Å². The second-order valence-corrected chi connectivity index (χ2v) is 5.16. The van der Waals surface area contributed by atoms with E-state index in [1.165, 1.54) is 22.3 Å². The lowest BCUT2D eigenvalue weighted by Gasteiger charge is -2.21. The predicted molar refractivity (Wildman–Crippen MR) is 82.5 cm³/mol. The first-order valence-electron chi connectivity index (χ1n) is 6.70. The van der Waals surface area contributed by atoms with Crippen LogP contribution >= 0.6 is 0 Å². The molecule has 0 saturated carbocycles. The van der Waals surface area contributed by atoms with Crippen LogP contribution in [-0.2, 0) is 0 Å². The molecule has 0 aromatic heterocycles. The molecule has 2 aromatic carbocycles. The number of anilines is 1. The maximum absolute atomic E-state index is 5.94. The van der Waals surface area contributed by atoms with E-state index in [1.807, 2.05) is 0 Å². The third-order valence-electron chi connectivity index (χ3n) is 3.40. The fourth-order valence-electron chi connectivity index (χ4n) is 2.42. The molecule has 0 heterocycles. The van der Waals surface area contributed by atoms with Gasteiger partial charge in [0, 0.05) is 12.2 Å². The summed E-state index contributed by atoms with van der Waals surface area (Å²) in [6, 6.07) is 15.1. The van der Waals surface area contributed by atoms with E-state index in [1.54, 1.807) is 0 Å². The highest BCUT2D eigenvalue weighted by Crippen LogP contribution is 2.23. The molecule has 3 N–H and O–H groups in total. The van der Waals surface area contributed by atoms with E-state index in [4.69, 9.17) is 5.73 Å². The smallest absolute Gasteiger partial charge is 0.0638 e. The van der Waals surface area contributed by atoms with Gasteiger partial charge in [-0.05, 0) is 49.6 Å². The van der Waals surface area contributed by atoms with Crippen molar-refractivity contribution in [2.45, 2.75) is 26.8 Å². The van der Waals surface area contributed by atoms with Crippen molar-refractivity contribution in [1.82, 2.24) is 0 Å². The molecule has 0 aliphatic heterocycles. The largest absolute Gasteiger partial charge is 0.377 e. The first-order chi connectivity index (χ1) is 9.10. The van der Waals surface area contributed by atoms with E-state index in [0.29, 0.717) is 6.54 Å². The van der Waals surface area contributed by atoms with Crippen LogP contribution in [0.5, 0.6) is 0 Å². The van der Waals surface area contributed by atoms with Crippen molar-refractivity contribution in [1.29, 1.82) is 0 Å². The van der Waals surface area contributed by atoms with Crippen molar-refractivity contribution in [3.63, 3.8) is 0 Å². The lowest BCUT2D eigenvalue weighted by atomic mass is 9.99. The highest BCUT2D eigenvalue weighted by molar-refractivity contribution is 5.48. The van der Waals surface area contributed by atoms with Gasteiger partial charge in [-0.3, -0.25) is 0 Å². The number of benzene rings is 2. The number of nitrogens with one attached hydrogen (secondary N) is 1. The van der Waals surface area contributed by atoms with Gasteiger partial charge >= 0.3 is 0 Å². The van der Waals surface area contributed by atoms with Gasteiger partial charge in [0.1, 0.15) is 0 Å². The highest BCUT2D eigenvalue weighted by atomic mass is 14.9. The van der Waals surface area contributed by atoms with Crippen molar-refractivity contribution >= 4 is 5.69 Å². The number of rotatable bonds is 4. The van der Waals surface area contributed by atoms with Gasteiger partial charge in [-0.15, -0.1) is 0 Å². The Morgan fingerprint density at radius 1 is 1.00 bits per heavy atom. The topological polar surface area (TPSA) is 38.0 Å². The number of hydrogen-bond acceptors (Lipinski definition) is 2. The molecule has 2 rings (SSSR count). The van der Waals surface area contributed by atoms with Crippen LogP contribution in [0.4, 0.5) is 5.69 Å². The highest BCUT2D eigenvalue weighted by Gasteiger charge is 2.12. The zero-order valence-corrected chi connectivity index (χ0v) is 11.9. The molecule has 0 spiro atoms. The second-order valence-electron chi connectivity index (χ2n) is 5.16. The zero-order valence-electron chi connectivity index (χ0n) is 11.9. The molecule has 1 unspecified atom stereocenters. The molecule has 19 heavy (non-hydrogen) atoms. The molecule has 2 nitrogen and oxygen atoms in total. The van der Waals surface area contributed by atoms with E-state index in [9.17, 15) is 0 Å². The molecule has 0 bridgehead atoms. The monoisotopic (exact) mass is 254 g/mol. The number of aryl methyl sites for hydroxylation is 3. The molecule has 0 aliphatic carbocycles. The minimum absolute atomic E-state index is 0.155. The maximum Gasteiger partial charge on any atom is 0.0638 e. The average Bonchev–Trinajstić information content (AvgIpc) is 2.37. The standard InChI is InChI=1S/C17H22N2/c1-12-5-4-6-15(10-12)19-17(11-18)16-8-7-13(2)9-14(16)3/h4-10,17,19H,11,18H2,1-3H3. The quantitative estimate of drug-likeness (QED) is 0.872. The first-order valence-corrected chi connectivity index (χ1v) is 6.70. The molecule has 0 amide bonds. The third kappa shape index (κ3) is 3.36. The first kappa shape index (κ1) is 13.6. The molecule has 0 fully saturated rings. The van der Waals surface area contributed by atoms with Gasteiger partial charge in [0.15, 0.2) is 0 Å². The fourth-order valence-corrected chi connectivity index (χ4v) is 2.42. The van der Waals surface area contributed by atoms with Crippen LogP contribution in [0.1, 0.15) is 28.3 Å². The Kier molecular flexibility index (Phi) is 4.23. The van der Waals surface area contributed by atoms with Crippen molar-refractivity contribution in [3.8, 4) is 0 Å². The summed E-state index contributed by atoms with van der Waals surface area (Å²) >= 11 is 0. The van der Waals surface area contributed by atoms with Crippen LogP contribution in [0, 0.1) is 20.8 Å². The molecule has 1 atom stereocenters. The average molecular weight is 254 g/mol. The Morgan fingerprint density at radius 2 is 1.74 bits per heavy atom. The summed E-state index contributed by atoms with van der Waals surface area (Å²) in [4.78, 5) is 0. The number of hydrogen-bond donors (Lipinski definition) is 2. The summed E-state index contributed by atoms with van der Waals surface area (Å²) in [6.07, 6.45) is 0. The van der Waals surface area contributed by atoms with Gasteiger partial charge in [-0.25, -0.2) is 0 Å². The molecular formula is C17H22N2. The van der Waals surface area contributed by atoms with E-state index >= 15 is 0 Å². The van der Waals surface area contributed by atoms with Crippen LogP contribution in [0.15, 0.2) is 42.5 Å². The van der Waals surface area contributed by atoms with Gasteiger partial charge in [-0.1, -0.05) is 35.9 Å². The van der Waals surface area contributed by atoms with Gasteiger partial charge in [-0.2, -0.15) is 0 Å². The van der Waals surface area contributed by atoms with Crippen LogP contribution < -0.4 is 11.1 Å². The minimum atomic E-state index is 0.155. The predicted octanol–water partition coefficient (Wildman–Crippen LogP) is 3.72. The molecular weight excluding hydrogens is 232 g/mol. The Balaban J connectivity index is 2.25. The Hall–Kier alpha value is -1.80. The van der Waals surface area contributed by atoms with Gasteiger partial charge in [0.05, 0.1) is 6.04 Å². The van der Waals surface area contributed by atoms with Gasteiger partial charge in [0.2, 0.25) is 0 Å². The number of nitrogens with two attached hydrogens (primary N) is 1. The van der Waals surface area contributed by atoms with Crippen molar-refractivity contribution in [2.75, 3.05) is 11.9 Å². The van der Waals surface area contributed by atoms with E-state index < -0.39 is 0 Å². The molecule has 2 aromatic rings. The molecule has 0 saturated heterocycles. The van der Waals surface area contributed by atoms with Crippen molar-refractivity contribution in [3.05, 3.63) is 64.7 Å².